The zero-order chi connectivity index (χ0) is 14.3. The molecular weight excluding hydrogens is 277 g/mol. The van der Waals surface area contributed by atoms with E-state index in [4.69, 9.17) is 21.8 Å². The summed E-state index contributed by atoms with van der Waals surface area (Å²) >= 11 is 5.79. The van der Waals surface area contributed by atoms with Crippen molar-refractivity contribution in [3.05, 3.63) is 70.2 Å². The molecule has 20 heavy (non-hydrogen) atoms. The minimum absolute atomic E-state index is 0.0604. The second kappa shape index (κ2) is 4.93. The number of benzene rings is 2. The third-order valence-electron chi connectivity index (χ3n) is 3.38. The quantitative estimate of drug-likeness (QED) is 0.750. The van der Waals surface area contributed by atoms with Gasteiger partial charge in [-0.25, -0.2) is 4.39 Å². The van der Waals surface area contributed by atoms with Crippen LogP contribution in [0.3, 0.4) is 0 Å². The van der Waals surface area contributed by atoms with Crippen LogP contribution in [0.5, 0.6) is 0 Å². The first-order valence-electron chi connectivity index (χ1n) is 6.26. The van der Waals surface area contributed by atoms with E-state index in [1.54, 1.807) is 12.1 Å². The molecule has 3 aromatic rings. The normalized spacial score (nSPS) is 12.8. The Labute approximate surface area is 121 Å². The molecule has 1 aromatic heterocycles. The molecule has 1 unspecified atom stereocenters. The monoisotopic (exact) mass is 289 g/mol. The van der Waals surface area contributed by atoms with E-state index >= 15 is 0 Å². The van der Waals surface area contributed by atoms with Crippen LogP contribution >= 0.6 is 11.6 Å². The molecule has 0 aliphatic rings. The molecule has 0 saturated carbocycles. The van der Waals surface area contributed by atoms with E-state index in [0.717, 1.165) is 16.5 Å². The average molecular weight is 290 g/mol. The Kier molecular flexibility index (Phi) is 3.24. The number of para-hydroxylation sites is 1. The molecule has 3 rings (SSSR count). The summed E-state index contributed by atoms with van der Waals surface area (Å²) in [7, 11) is 0. The topological polar surface area (TPSA) is 39.2 Å². The van der Waals surface area contributed by atoms with Crippen LogP contribution in [0.1, 0.15) is 22.9 Å². The van der Waals surface area contributed by atoms with Crippen molar-refractivity contribution in [2.75, 3.05) is 0 Å². The predicted octanol–water partition coefficient (Wildman–Crippen LogP) is 4.58. The number of halogens is 2. The maximum atomic E-state index is 14.0. The minimum atomic E-state index is -0.680. The maximum absolute atomic E-state index is 14.0. The highest BCUT2D eigenvalue weighted by Gasteiger charge is 2.19. The molecule has 1 atom stereocenters. The van der Waals surface area contributed by atoms with Crippen LogP contribution in [0.15, 0.2) is 46.9 Å². The highest BCUT2D eigenvalue weighted by atomic mass is 35.5. The number of aryl methyl sites for hydroxylation is 1. The molecule has 0 fully saturated rings. The average Bonchev–Trinajstić information content (AvgIpc) is 2.87. The highest BCUT2D eigenvalue weighted by Crippen LogP contribution is 2.31. The summed E-state index contributed by atoms with van der Waals surface area (Å²) in [4.78, 5) is 0. The molecule has 0 amide bonds. The second-order valence-electron chi connectivity index (χ2n) is 4.76. The van der Waals surface area contributed by atoms with Crippen molar-refractivity contribution in [2.45, 2.75) is 13.0 Å². The minimum Gasteiger partial charge on any atom is -0.459 e. The third kappa shape index (κ3) is 2.09. The van der Waals surface area contributed by atoms with Gasteiger partial charge >= 0.3 is 0 Å². The number of hydrogen-bond donors (Lipinski definition) is 1. The van der Waals surface area contributed by atoms with Gasteiger partial charge in [0, 0.05) is 10.9 Å². The first kappa shape index (κ1) is 13.2. The summed E-state index contributed by atoms with van der Waals surface area (Å²) in [6.45, 7) is 1.96. The standard InChI is InChI=1S/C16H13ClFNO/c1-9-4-2-5-10-8-13(20-16(9)10)15(19)11-6-3-7-12(17)14(11)18/h2-8,15H,19H2,1H3. The van der Waals surface area contributed by atoms with Gasteiger partial charge in [-0.15, -0.1) is 0 Å². The van der Waals surface area contributed by atoms with Crippen LogP contribution in [-0.4, -0.2) is 0 Å². The molecule has 2 nitrogen and oxygen atoms in total. The van der Waals surface area contributed by atoms with Gasteiger partial charge in [0.05, 0.1) is 11.1 Å². The van der Waals surface area contributed by atoms with Crippen molar-refractivity contribution in [3.8, 4) is 0 Å². The maximum Gasteiger partial charge on any atom is 0.147 e. The molecule has 102 valence electrons. The fourth-order valence-corrected chi connectivity index (χ4v) is 2.48. The van der Waals surface area contributed by atoms with Crippen LogP contribution in [0.25, 0.3) is 11.0 Å². The summed E-state index contributed by atoms with van der Waals surface area (Å²) in [5.74, 6) is 0.0225. The summed E-state index contributed by atoms with van der Waals surface area (Å²) in [5.41, 5.74) is 8.23. The Balaban J connectivity index is 2.10. The van der Waals surface area contributed by atoms with Gasteiger partial charge in [0.25, 0.3) is 0 Å². The van der Waals surface area contributed by atoms with Crippen molar-refractivity contribution in [2.24, 2.45) is 5.73 Å². The van der Waals surface area contributed by atoms with Gasteiger partial charge in [0.1, 0.15) is 17.2 Å². The zero-order valence-electron chi connectivity index (χ0n) is 10.9. The number of hydrogen-bond acceptors (Lipinski definition) is 2. The van der Waals surface area contributed by atoms with E-state index in [2.05, 4.69) is 0 Å². The number of nitrogens with two attached hydrogens (primary N) is 1. The molecular formula is C16H13ClFNO. The van der Waals surface area contributed by atoms with E-state index in [-0.39, 0.29) is 5.02 Å². The van der Waals surface area contributed by atoms with Crippen LogP contribution in [0.2, 0.25) is 5.02 Å². The summed E-state index contributed by atoms with van der Waals surface area (Å²) in [6, 6.07) is 11.8. The first-order chi connectivity index (χ1) is 9.58. The van der Waals surface area contributed by atoms with Crippen molar-refractivity contribution in [3.63, 3.8) is 0 Å². The fourth-order valence-electron chi connectivity index (χ4n) is 2.30. The van der Waals surface area contributed by atoms with E-state index in [1.165, 1.54) is 6.07 Å². The molecule has 0 bridgehead atoms. The van der Waals surface area contributed by atoms with Gasteiger partial charge in [0.2, 0.25) is 0 Å². The lowest BCUT2D eigenvalue weighted by molar-refractivity contribution is 0.509. The molecule has 0 spiro atoms. The van der Waals surface area contributed by atoms with Gasteiger partial charge in [0.15, 0.2) is 0 Å². The summed E-state index contributed by atoms with van der Waals surface area (Å²) in [6.07, 6.45) is 0. The van der Waals surface area contributed by atoms with Gasteiger partial charge < -0.3 is 10.2 Å². The lowest BCUT2D eigenvalue weighted by Gasteiger charge is -2.10. The Morgan fingerprint density at radius 2 is 1.95 bits per heavy atom. The second-order valence-corrected chi connectivity index (χ2v) is 5.17. The summed E-state index contributed by atoms with van der Waals surface area (Å²) in [5, 5.41) is 1.02. The number of rotatable bonds is 2. The lowest BCUT2D eigenvalue weighted by atomic mass is 10.0. The van der Waals surface area contributed by atoms with Crippen LogP contribution in [0.4, 0.5) is 4.39 Å². The zero-order valence-corrected chi connectivity index (χ0v) is 11.6. The van der Waals surface area contributed by atoms with Gasteiger partial charge in [-0.1, -0.05) is 41.9 Å². The number of furan rings is 1. The van der Waals surface area contributed by atoms with Crippen molar-refractivity contribution in [1.29, 1.82) is 0 Å². The van der Waals surface area contributed by atoms with E-state index in [9.17, 15) is 4.39 Å². The van der Waals surface area contributed by atoms with Crippen LogP contribution in [0, 0.1) is 12.7 Å². The van der Waals surface area contributed by atoms with Crippen LogP contribution in [-0.2, 0) is 0 Å². The SMILES string of the molecule is Cc1cccc2cc(C(N)c3cccc(Cl)c3F)oc12. The molecule has 0 aliphatic carbocycles. The predicted molar refractivity (Wildman–Crippen MR) is 78.4 cm³/mol. The Morgan fingerprint density at radius 1 is 1.20 bits per heavy atom. The number of fused-ring (bicyclic) bond motifs is 1. The van der Waals surface area contributed by atoms with E-state index < -0.39 is 11.9 Å². The Hall–Kier alpha value is -1.84. The van der Waals surface area contributed by atoms with Crippen molar-refractivity contribution >= 4 is 22.6 Å². The molecule has 0 radical (unpaired) electrons. The molecule has 4 heteroatoms. The highest BCUT2D eigenvalue weighted by molar-refractivity contribution is 6.30. The van der Waals surface area contributed by atoms with Crippen molar-refractivity contribution in [1.82, 2.24) is 0 Å². The Morgan fingerprint density at radius 3 is 2.70 bits per heavy atom. The van der Waals surface area contributed by atoms with Gasteiger partial charge in [-0.3, -0.25) is 0 Å². The molecule has 2 aromatic carbocycles. The van der Waals surface area contributed by atoms with E-state index in [0.29, 0.717) is 11.3 Å². The lowest BCUT2D eigenvalue weighted by Crippen LogP contribution is -2.12. The molecule has 0 saturated heterocycles. The molecule has 0 aliphatic heterocycles. The van der Waals surface area contributed by atoms with Gasteiger partial charge in [-0.05, 0) is 24.6 Å². The first-order valence-corrected chi connectivity index (χ1v) is 6.64. The van der Waals surface area contributed by atoms with Gasteiger partial charge in [-0.2, -0.15) is 0 Å². The van der Waals surface area contributed by atoms with Crippen LogP contribution < -0.4 is 5.73 Å². The largest absolute Gasteiger partial charge is 0.459 e. The Bertz CT molecular complexity index is 781. The summed E-state index contributed by atoms with van der Waals surface area (Å²) < 4.78 is 19.8. The van der Waals surface area contributed by atoms with Crippen molar-refractivity contribution < 1.29 is 8.81 Å². The fraction of sp³-hybridized carbons (Fsp3) is 0.125. The molecule has 2 N–H and O–H groups in total. The molecule has 1 heterocycles. The smallest absolute Gasteiger partial charge is 0.147 e. The third-order valence-corrected chi connectivity index (χ3v) is 3.67. The van der Waals surface area contributed by atoms with E-state index in [1.807, 2.05) is 31.2 Å².